The van der Waals surface area contributed by atoms with Crippen LogP contribution in [0.2, 0.25) is 0 Å². The molecule has 2 atom stereocenters. The van der Waals surface area contributed by atoms with Crippen LogP contribution in [0.25, 0.3) is 0 Å². The van der Waals surface area contributed by atoms with E-state index in [2.05, 4.69) is 20.8 Å². The summed E-state index contributed by atoms with van der Waals surface area (Å²) >= 11 is 0. The number of hydrogen-bond acceptors (Lipinski definition) is 2. The Kier molecular flexibility index (Phi) is 4.08. The standard InChI is InChI=1S/C17H23NO3/c1-17(2,3)11-5-7-12(8-6-11)18(4)15(19)13-9-10-14(13)16(20)21/h5-8,13-14H,9-10H2,1-4H3,(H,20,21). The molecule has 2 rings (SSSR count). The summed E-state index contributed by atoms with van der Waals surface area (Å²) in [6, 6.07) is 7.89. The molecule has 1 aliphatic carbocycles. The summed E-state index contributed by atoms with van der Waals surface area (Å²) in [5.41, 5.74) is 2.09. The molecule has 1 aromatic rings. The Morgan fingerprint density at radius 3 is 2.00 bits per heavy atom. The van der Waals surface area contributed by atoms with Crippen molar-refractivity contribution in [2.45, 2.75) is 39.0 Å². The van der Waals surface area contributed by atoms with Gasteiger partial charge in [-0.2, -0.15) is 0 Å². The highest BCUT2D eigenvalue weighted by atomic mass is 16.4. The highest BCUT2D eigenvalue weighted by molar-refractivity contribution is 5.97. The summed E-state index contributed by atoms with van der Waals surface area (Å²) in [6.45, 7) is 6.42. The van der Waals surface area contributed by atoms with Crippen LogP contribution >= 0.6 is 0 Å². The molecule has 1 amide bonds. The summed E-state index contributed by atoms with van der Waals surface area (Å²) in [4.78, 5) is 25.0. The highest BCUT2D eigenvalue weighted by Crippen LogP contribution is 2.36. The zero-order valence-electron chi connectivity index (χ0n) is 13.1. The predicted molar refractivity (Wildman–Crippen MR) is 82.4 cm³/mol. The Labute approximate surface area is 125 Å². The van der Waals surface area contributed by atoms with E-state index >= 15 is 0 Å². The first kappa shape index (κ1) is 15.5. The molecular formula is C17H23NO3. The van der Waals surface area contributed by atoms with Gasteiger partial charge in [-0.05, 0) is 36.0 Å². The van der Waals surface area contributed by atoms with Crippen molar-refractivity contribution in [3.63, 3.8) is 0 Å². The minimum absolute atomic E-state index is 0.0729. The van der Waals surface area contributed by atoms with E-state index in [4.69, 9.17) is 5.11 Å². The largest absolute Gasteiger partial charge is 0.481 e. The van der Waals surface area contributed by atoms with Crippen molar-refractivity contribution in [2.75, 3.05) is 11.9 Å². The average molecular weight is 289 g/mol. The van der Waals surface area contributed by atoms with Gasteiger partial charge in [0.2, 0.25) is 5.91 Å². The number of amides is 1. The molecule has 1 aliphatic rings. The van der Waals surface area contributed by atoms with E-state index in [9.17, 15) is 9.59 Å². The molecule has 1 aromatic carbocycles. The minimum atomic E-state index is -0.865. The zero-order valence-corrected chi connectivity index (χ0v) is 13.1. The third-order valence-corrected chi connectivity index (χ3v) is 4.36. The van der Waals surface area contributed by atoms with Crippen molar-refractivity contribution >= 4 is 17.6 Å². The normalized spacial score (nSPS) is 21.5. The van der Waals surface area contributed by atoms with Gasteiger partial charge < -0.3 is 10.0 Å². The van der Waals surface area contributed by atoms with Crippen molar-refractivity contribution < 1.29 is 14.7 Å². The van der Waals surface area contributed by atoms with Crippen LogP contribution in [0.3, 0.4) is 0 Å². The molecule has 0 heterocycles. The lowest BCUT2D eigenvalue weighted by molar-refractivity contribution is -0.151. The third-order valence-electron chi connectivity index (χ3n) is 4.36. The molecular weight excluding hydrogens is 266 g/mol. The van der Waals surface area contributed by atoms with Gasteiger partial charge in [0, 0.05) is 12.7 Å². The molecule has 2 unspecified atom stereocenters. The number of carboxylic acid groups (broad SMARTS) is 1. The molecule has 4 heteroatoms. The fourth-order valence-electron chi connectivity index (χ4n) is 2.65. The van der Waals surface area contributed by atoms with Crippen LogP contribution < -0.4 is 4.90 Å². The van der Waals surface area contributed by atoms with Crippen LogP contribution in [0, 0.1) is 11.8 Å². The first-order valence-corrected chi connectivity index (χ1v) is 7.32. The number of hydrogen-bond donors (Lipinski definition) is 1. The number of carbonyl (C=O) groups is 2. The van der Waals surface area contributed by atoms with Crippen LogP contribution in [0.1, 0.15) is 39.2 Å². The van der Waals surface area contributed by atoms with Gasteiger partial charge in [-0.25, -0.2) is 0 Å². The molecule has 4 nitrogen and oxygen atoms in total. The van der Waals surface area contributed by atoms with Crippen molar-refractivity contribution in [1.82, 2.24) is 0 Å². The number of nitrogens with zero attached hydrogens (tertiary/aromatic N) is 1. The molecule has 114 valence electrons. The lowest BCUT2D eigenvalue weighted by Gasteiger charge is -2.35. The van der Waals surface area contributed by atoms with E-state index in [1.165, 1.54) is 5.56 Å². The number of aliphatic carboxylic acids is 1. The van der Waals surface area contributed by atoms with Crippen molar-refractivity contribution in [1.29, 1.82) is 0 Å². The Morgan fingerprint density at radius 1 is 1.10 bits per heavy atom. The summed E-state index contributed by atoms with van der Waals surface area (Å²) in [7, 11) is 1.71. The van der Waals surface area contributed by atoms with Gasteiger partial charge in [-0.3, -0.25) is 9.59 Å². The third kappa shape index (κ3) is 3.09. The zero-order chi connectivity index (χ0) is 15.8. The second kappa shape index (κ2) is 5.51. The lowest BCUT2D eigenvalue weighted by Crippen LogP contribution is -2.44. The summed E-state index contributed by atoms with van der Waals surface area (Å²) in [5.74, 6) is -1.86. The maximum atomic E-state index is 12.4. The quantitative estimate of drug-likeness (QED) is 0.930. The molecule has 21 heavy (non-hydrogen) atoms. The predicted octanol–water partition coefficient (Wildman–Crippen LogP) is 3.06. The topological polar surface area (TPSA) is 57.6 Å². The lowest BCUT2D eigenvalue weighted by atomic mass is 9.73. The maximum absolute atomic E-state index is 12.4. The molecule has 0 saturated heterocycles. The average Bonchev–Trinajstić information content (AvgIpc) is 2.35. The van der Waals surface area contributed by atoms with Crippen LogP contribution in [0.4, 0.5) is 5.69 Å². The van der Waals surface area contributed by atoms with Gasteiger partial charge in [-0.1, -0.05) is 32.9 Å². The van der Waals surface area contributed by atoms with E-state index in [1.54, 1.807) is 11.9 Å². The fraction of sp³-hybridized carbons (Fsp3) is 0.529. The van der Waals surface area contributed by atoms with E-state index in [1.807, 2.05) is 24.3 Å². The molecule has 0 aliphatic heterocycles. The van der Waals surface area contributed by atoms with Gasteiger partial charge in [-0.15, -0.1) is 0 Å². The SMILES string of the molecule is CN(C(=O)C1CCC1C(=O)O)c1ccc(C(C)(C)C)cc1. The molecule has 1 saturated carbocycles. The molecule has 0 aromatic heterocycles. The van der Waals surface area contributed by atoms with Gasteiger partial charge in [0.25, 0.3) is 0 Å². The Balaban J connectivity index is 2.11. The van der Waals surface area contributed by atoms with Crippen molar-refractivity contribution in [3.8, 4) is 0 Å². The minimum Gasteiger partial charge on any atom is -0.481 e. The summed E-state index contributed by atoms with van der Waals surface area (Å²) in [6.07, 6.45) is 1.27. The monoisotopic (exact) mass is 289 g/mol. The Morgan fingerprint density at radius 2 is 1.62 bits per heavy atom. The van der Waals surface area contributed by atoms with Gasteiger partial charge in [0.15, 0.2) is 0 Å². The summed E-state index contributed by atoms with van der Waals surface area (Å²) < 4.78 is 0. The second-order valence-electron chi connectivity index (χ2n) is 6.82. The van der Waals surface area contributed by atoms with E-state index in [0.29, 0.717) is 12.8 Å². The van der Waals surface area contributed by atoms with Gasteiger partial charge >= 0.3 is 5.97 Å². The number of carbonyl (C=O) groups excluding carboxylic acids is 1. The fourth-order valence-corrected chi connectivity index (χ4v) is 2.65. The molecule has 1 fully saturated rings. The number of benzene rings is 1. The first-order chi connectivity index (χ1) is 9.71. The molecule has 0 radical (unpaired) electrons. The van der Waals surface area contributed by atoms with Crippen LogP contribution in [0.15, 0.2) is 24.3 Å². The van der Waals surface area contributed by atoms with Crippen LogP contribution in [-0.2, 0) is 15.0 Å². The van der Waals surface area contributed by atoms with Crippen molar-refractivity contribution in [2.24, 2.45) is 11.8 Å². The van der Waals surface area contributed by atoms with Gasteiger partial charge in [0.05, 0.1) is 11.8 Å². The smallest absolute Gasteiger partial charge is 0.307 e. The molecule has 1 N–H and O–H groups in total. The second-order valence-corrected chi connectivity index (χ2v) is 6.82. The maximum Gasteiger partial charge on any atom is 0.307 e. The molecule has 0 bridgehead atoms. The Hall–Kier alpha value is -1.84. The van der Waals surface area contributed by atoms with Crippen LogP contribution in [0.5, 0.6) is 0 Å². The van der Waals surface area contributed by atoms with Crippen molar-refractivity contribution in [3.05, 3.63) is 29.8 Å². The number of carboxylic acids is 1. The number of rotatable bonds is 3. The summed E-state index contributed by atoms with van der Waals surface area (Å²) in [5, 5.41) is 9.06. The molecule has 0 spiro atoms. The van der Waals surface area contributed by atoms with Gasteiger partial charge in [0.1, 0.15) is 0 Å². The highest BCUT2D eigenvalue weighted by Gasteiger charge is 2.42. The number of anilines is 1. The van der Waals surface area contributed by atoms with E-state index in [-0.39, 0.29) is 17.2 Å². The van der Waals surface area contributed by atoms with E-state index in [0.717, 1.165) is 5.69 Å². The first-order valence-electron chi connectivity index (χ1n) is 7.32. The Bertz CT molecular complexity index is 542. The van der Waals surface area contributed by atoms with Crippen LogP contribution in [-0.4, -0.2) is 24.0 Å². The van der Waals surface area contributed by atoms with E-state index < -0.39 is 11.9 Å².